The van der Waals surface area contributed by atoms with E-state index in [0.717, 1.165) is 0 Å². The normalized spacial score (nSPS) is 10.6. The highest BCUT2D eigenvalue weighted by Crippen LogP contribution is 1.80. The maximum atomic E-state index is 10.2. The van der Waals surface area contributed by atoms with Crippen molar-refractivity contribution in [2.45, 2.75) is 6.42 Å². The number of carboxylic acids is 1. The molecule has 0 aliphatic carbocycles. The molecule has 0 rings (SSSR count). The standard InChI is InChI=1S/C10H21NO5/c1-14-6-7-16-9-8-15-5-4-11-3-2-10(12)13/h11H,2-9H2,1H3,(H,12,13). The molecule has 6 heteroatoms. The average Bonchev–Trinajstić information content (AvgIpc) is 2.25. The lowest BCUT2D eigenvalue weighted by Gasteiger charge is -2.06. The fourth-order valence-electron chi connectivity index (χ4n) is 0.929. The topological polar surface area (TPSA) is 77.0 Å². The van der Waals surface area contributed by atoms with E-state index in [1.54, 1.807) is 7.11 Å². The third-order valence-corrected chi connectivity index (χ3v) is 1.74. The van der Waals surface area contributed by atoms with Gasteiger partial charge in [0.25, 0.3) is 0 Å². The minimum Gasteiger partial charge on any atom is -0.481 e. The Morgan fingerprint density at radius 2 is 1.69 bits per heavy atom. The van der Waals surface area contributed by atoms with Gasteiger partial charge in [0, 0.05) is 20.2 Å². The van der Waals surface area contributed by atoms with Crippen LogP contribution in [0.15, 0.2) is 0 Å². The van der Waals surface area contributed by atoms with Gasteiger partial charge in [-0.15, -0.1) is 0 Å². The molecule has 0 aliphatic rings. The lowest BCUT2D eigenvalue weighted by molar-refractivity contribution is -0.136. The summed E-state index contributed by atoms with van der Waals surface area (Å²) in [6.45, 7) is 3.97. The fourth-order valence-corrected chi connectivity index (χ4v) is 0.929. The fraction of sp³-hybridized carbons (Fsp3) is 0.900. The molecule has 0 bridgehead atoms. The highest BCUT2D eigenvalue weighted by Gasteiger charge is 1.95. The van der Waals surface area contributed by atoms with Crippen LogP contribution in [0.2, 0.25) is 0 Å². The number of hydrogen-bond donors (Lipinski definition) is 2. The van der Waals surface area contributed by atoms with Crippen LogP contribution in [0, 0.1) is 0 Å². The minimum atomic E-state index is -0.792. The van der Waals surface area contributed by atoms with Gasteiger partial charge in [-0.2, -0.15) is 0 Å². The molecule has 0 radical (unpaired) electrons. The summed E-state index contributed by atoms with van der Waals surface area (Å²) in [5.41, 5.74) is 0. The number of hydrogen-bond acceptors (Lipinski definition) is 5. The third-order valence-electron chi connectivity index (χ3n) is 1.74. The molecule has 0 aromatic carbocycles. The lowest BCUT2D eigenvalue weighted by Crippen LogP contribution is -2.23. The van der Waals surface area contributed by atoms with Crippen molar-refractivity contribution in [1.29, 1.82) is 0 Å². The van der Waals surface area contributed by atoms with Crippen LogP contribution in [0.3, 0.4) is 0 Å². The summed E-state index contributed by atoms with van der Waals surface area (Å²) in [5, 5.41) is 11.3. The maximum Gasteiger partial charge on any atom is 0.304 e. The van der Waals surface area contributed by atoms with Crippen molar-refractivity contribution in [2.24, 2.45) is 0 Å². The summed E-state index contributed by atoms with van der Waals surface area (Å²) in [5.74, 6) is -0.792. The molecule has 0 saturated carbocycles. The van der Waals surface area contributed by atoms with E-state index in [4.69, 9.17) is 19.3 Å². The van der Waals surface area contributed by atoms with Crippen LogP contribution in [0.1, 0.15) is 6.42 Å². The van der Waals surface area contributed by atoms with Gasteiger partial charge in [-0.1, -0.05) is 0 Å². The molecule has 0 fully saturated rings. The van der Waals surface area contributed by atoms with E-state index < -0.39 is 5.97 Å². The molecular formula is C10H21NO5. The largest absolute Gasteiger partial charge is 0.481 e. The third kappa shape index (κ3) is 13.3. The molecule has 96 valence electrons. The van der Waals surface area contributed by atoms with Gasteiger partial charge >= 0.3 is 5.97 Å². The molecule has 0 aliphatic heterocycles. The van der Waals surface area contributed by atoms with Crippen molar-refractivity contribution in [3.8, 4) is 0 Å². The summed E-state index contributed by atoms with van der Waals surface area (Å²) in [6.07, 6.45) is 0.139. The molecule has 0 atom stereocenters. The molecule has 2 N–H and O–H groups in total. The first-order chi connectivity index (χ1) is 7.77. The van der Waals surface area contributed by atoms with E-state index in [1.165, 1.54) is 0 Å². The van der Waals surface area contributed by atoms with Crippen LogP contribution in [0.5, 0.6) is 0 Å². The van der Waals surface area contributed by atoms with Gasteiger partial charge in [0.1, 0.15) is 0 Å². The molecule has 0 amide bonds. The number of ether oxygens (including phenoxy) is 3. The van der Waals surface area contributed by atoms with Gasteiger partial charge in [0.05, 0.1) is 39.5 Å². The average molecular weight is 235 g/mol. The van der Waals surface area contributed by atoms with Crippen molar-refractivity contribution >= 4 is 5.97 Å². The second kappa shape index (κ2) is 12.4. The molecular weight excluding hydrogens is 214 g/mol. The Kier molecular flexibility index (Phi) is 11.8. The van der Waals surface area contributed by atoms with Crippen molar-refractivity contribution in [3.63, 3.8) is 0 Å². The van der Waals surface area contributed by atoms with Crippen LogP contribution in [0.4, 0.5) is 0 Å². The van der Waals surface area contributed by atoms with Crippen molar-refractivity contribution in [3.05, 3.63) is 0 Å². The van der Waals surface area contributed by atoms with Gasteiger partial charge < -0.3 is 24.6 Å². The molecule has 0 heterocycles. The number of rotatable bonds is 12. The molecule has 6 nitrogen and oxygen atoms in total. The zero-order chi connectivity index (χ0) is 12.1. The molecule has 0 aromatic rings. The van der Waals surface area contributed by atoms with Gasteiger partial charge in [-0.3, -0.25) is 4.79 Å². The van der Waals surface area contributed by atoms with Gasteiger partial charge in [0.2, 0.25) is 0 Å². The first-order valence-electron chi connectivity index (χ1n) is 5.34. The maximum absolute atomic E-state index is 10.2. The Labute approximate surface area is 95.9 Å². The van der Waals surface area contributed by atoms with Gasteiger partial charge in [0.15, 0.2) is 0 Å². The zero-order valence-electron chi connectivity index (χ0n) is 9.74. The van der Waals surface area contributed by atoms with Crippen LogP contribution >= 0.6 is 0 Å². The first kappa shape index (κ1) is 15.3. The highest BCUT2D eigenvalue weighted by atomic mass is 16.5. The van der Waals surface area contributed by atoms with Crippen molar-refractivity contribution in [1.82, 2.24) is 5.32 Å². The first-order valence-corrected chi connectivity index (χ1v) is 5.34. The number of carboxylic acid groups (broad SMARTS) is 1. The summed E-state index contributed by atoms with van der Waals surface area (Å²) < 4.78 is 15.2. The van der Waals surface area contributed by atoms with Gasteiger partial charge in [-0.05, 0) is 0 Å². The number of aliphatic carboxylic acids is 1. The Balaban J connectivity index is 2.90. The monoisotopic (exact) mass is 235 g/mol. The number of methoxy groups -OCH3 is 1. The van der Waals surface area contributed by atoms with E-state index >= 15 is 0 Å². The summed E-state index contributed by atoms with van der Waals surface area (Å²) in [4.78, 5) is 10.2. The summed E-state index contributed by atoms with van der Waals surface area (Å²) in [7, 11) is 1.63. The van der Waals surface area contributed by atoms with E-state index in [2.05, 4.69) is 5.32 Å². The Bertz CT molecular complexity index is 165. The molecule has 0 spiro atoms. The van der Waals surface area contributed by atoms with Crippen LogP contribution in [0.25, 0.3) is 0 Å². The van der Waals surface area contributed by atoms with Crippen LogP contribution in [-0.2, 0) is 19.0 Å². The van der Waals surface area contributed by atoms with E-state index in [9.17, 15) is 4.79 Å². The lowest BCUT2D eigenvalue weighted by atomic mass is 10.4. The Morgan fingerprint density at radius 3 is 2.31 bits per heavy atom. The highest BCUT2D eigenvalue weighted by molar-refractivity contribution is 5.66. The van der Waals surface area contributed by atoms with Crippen molar-refractivity contribution < 1.29 is 24.1 Å². The van der Waals surface area contributed by atoms with Crippen molar-refractivity contribution in [2.75, 3.05) is 53.2 Å². The molecule has 16 heavy (non-hydrogen) atoms. The molecule has 0 aromatic heterocycles. The quantitative estimate of drug-likeness (QED) is 0.453. The zero-order valence-corrected chi connectivity index (χ0v) is 9.74. The predicted molar refractivity (Wildman–Crippen MR) is 58.6 cm³/mol. The second-order valence-corrected chi connectivity index (χ2v) is 3.11. The second-order valence-electron chi connectivity index (χ2n) is 3.11. The summed E-state index contributed by atoms with van der Waals surface area (Å²) >= 11 is 0. The molecule has 0 unspecified atom stereocenters. The summed E-state index contributed by atoms with van der Waals surface area (Å²) in [6, 6.07) is 0. The van der Waals surface area contributed by atoms with E-state index in [0.29, 0.717) is 46.1 Å². The Morgan fingerprint density at radius 1 is 1.06 bits per heavy atom. The van der Waals surface area contributed by atoms with E-state index in [1.807, 2.05) is 0 Å². The van der Waals surface area contributed by atoms with Crippen LogP contribution < -0.4 is 5.32 Å². The SMILES string of the molecule is COCCOCCOCCNCCC(=O)O. The van der Waals surface area contributed by atoms with Crippen LogP contribution in [-0.4, -0.2) is 64.3 Å². The molecule has 0 saturated heterocycles. The predicted octanol–water partition coefficient (Wildman–Crippen LogP) is -0.270. The Hall–Kier alpha value is -0.690. The smallest absolute Gasteiger partial charge is 0.304 e. The van der Waals surface area contributed by atoms with E-state index in [-0.39, 0.29) is 6.42 Å². The minimum absolute atomic E-state index is 0.139. The number of nitrogens with one attached hydrogen (secondary N) is 1. The van der Waals surface area contributed by atoms with Gasteiger partial charge in [-0.25, -0.2) is 0 Å². The number of carbonyl (C=O) groups is 1.